The van der Waals surface area contributed by atoms with Crippen LogP contribution in [0.2, 0.25) is 0 Å². The Morgan fingerprint density at radius 2 is 2.21 bits per heavy atom. The third kappa shape index (κ3) is 3.01. The molecule has 0 aliphatic heterocycles. The summed E-state index contributed by atoms with van der Waals surface area (Å²) in [5, 5.41) is 9.59. The van der Waals surface area contributed by atoms with Gasteiger partial charge in [0.25, 0.3) is 0 Å². The lowest BCUT2D eigenvalue weighted by Gasteiger charge is -2.10. The average molecular weight is 196 g/mol. The molecule has 1 aromatic carbocycles. The Morgan fingerprint density at radius 1 is 1.43 bits per heavy atom. The van der Waals surface area contributed by atoms with E-state index in [1.807, 2.05) is 31.2 Å². The van der Waals surface area contributed by atoms with Crippen molar-refractivity contribution < 1.29 is 14.6 Å². The van der Waals surface area contributed by atoms with Crippen LogP contribution >= 0.6 is 0 Å². The summed E-state index contributed by atoms with van der Waals surface area (Å²) in [4.78, 5) is 0. The van der Waals surface area contributed by atoms with Gasteiger partial charge in [-0.25, -0.2) is 0 Å². The van der Waals surface area contributed by atoms with Gasteiger partial charge in [-0.1, -0.05) is 19.1 Å². The van der Waals surface area contributed by atoms with Crippen molar-refractivity contribution in [2.45, 2.75) is 19.4 Å². The van der Waals surface area contributed by atoms with Crippen LogP contribution in [0.25, 0.3) is 0 Å². The Balaban J connectivity index is 2.68. The SMILES string of the molecule is CCC(O)c1cccc(OCOC)c1. The first-order valence-corrected chi connectivity index (χ1v) is 4.67. The molecule has 0 aliphatic carbocycles. The van der Waals surface area contributed by atoms with Crippen molar-refractivity contribution in [2.75, 3.05) is 13.9 Å². The predicted octanol–water partition coefficient (Wildman–Crippen LogP) is 2.11. The van der Waals surface area contributed by atoms with Crippen molar-refractivity contribution in [3.63, 3.8) is 0 Å². The van der Waals surface area contributed by atoms with E-state index in [1.165, 1.54) is 0 Å². The minimum atomic E-state index is -0.416. The largest absolute Gasteiger partial charge is 0.468 e. The summed E-state index contributed by atoms with van der Waals surface area (Å²) in [6.07, 6.45) is 0.286. The molecule has 0 heterocycles. The molecule has 78 valence electrons. The summed E-state index contributed by atoms with van der Waals surface area (Å²) < 4.78 is 10.0. The highest BCUT2D eigenvalue weighted by Gasteiger charge is 2.05. The van der Waals surface area contributed by atoms with Crippen LogP contribution in [0.5, 0.6) is 5.75 Å². The topological polar surface area (TPSA) is 38.7 Å². The molecular weight excluding hydrogens is 180 g/mol. The molecule has 0 radical (unpaired) electrons. The Hall–Kier alpha value is -1.06. The molecular formula is C11H16O3. The highest BCUT2D eigenvalue weighted by Crippen LogP contribution is 2.21. The normalized spacial score (nSPS) is 12.5. The zero-order chi connectivity index (χ0) is 10.4. The fourth-order valence-electron chi connectivity index (χ4n) is 1.17. The van der Waals surface area contributed by atoms with Crippen LogP contribution in [0.3, 0.4) is 0 Å². The number of hydrogen-bond acceptors (Lipinski definition) is 3. The van der Waals surface area contributed by atoms with Gasteiger partial charge in [0, 0.05) is 7.11 Å². The van der Waals surface area contributed by atoms with Gasteiger partial charge in [-0.2, -0.15) is 0 Å². The van der Waals surface area contributed by atoms with Crippen LogP contribution < -0.4 is 4.74 Å². The number of ether oxygens (including phenoxy) is 2. The van der Waals surface area contributed by atoms with Gasteiger partial charge >= 0.3 is 0 Å². The molecule has 3 heteroatoms. The number of methoxy groups -OCH3 is 1. The monoisotopic (exact) mass is 196 g/mol. The molecule has 1 N–H and O–H groups in total. The fraction of sp³-hybridized carbons (Fsp3) is 0.455. The molecule has 0 saturated carbocycles. The Labute approximate surface area is 84.3 Å². The molecule has 1 aromatic rings. The van der Waals surface area contributed by atoms with Crippen molar-refractivity contribution in [3.8, 4) is 5.75 Å². The minimum Gasteiger partial charge on any atom is -0.468 e. The van der Waals surface area contributed by atoms with Crippen molar-refractivity contribution in [1.82, 2.24) is 0 Å². The maximum absolute atomic E-state index is 9.59. The van der Waals surface area contributed by atoms with Gasteiger partial charge in [0.2, 0.25) is 0 Å². The van der Waals surface area contributed by atoms with E-state index in [1.54, 1.807) is 7.11 Å². The van der Waals surface area contributed by atoms with Crippen molar-refractivity contribution >= 4 is 0 Å². The molecule has 14 heavy (non-hydrogen) atoms. The molecule has 1 rings (SSSR count). The van der Waals surface area contributed by atoms with Crippen molar-refractivity contribution in [3.05, 3.63) is 29.8 Å². The lowest BCUT2D eigenvalue weighted by atomic mass is 10.1. The van der Waals surface area contributed by atoms with Crippen LogP contribution in [0.1, 0.15) is 25.0 Å². The second kappa shape index (κ2) is 5.62. The standard InChI is InChI=1S/C11H16O3/c1-3-11(12)9-5-4-6-10(7-9)14-8-13-2/h4-7,11-12H,3,8H2,1-2H3. The molecule has 0 amide bonds. The second-order valence-corrected chi connectivity index (χ2v) is 3.05. The third-order valence-electron chi connectivity index (χ3n) is 1.97. The highest BCUT2D eigenvalue weighted by molar-refractivity contribution is 5.29. The zero-order valence-corrected chi connectivity index (χ0v) is 8.56. The Morgan fingerprint density at radius 3 is 2.86 bits per heavy atom. The fourth-order valence-corrected chi connectivity index (χ4v) is 1.17. The van der Waals surface area contributed by atoms with Crippen LogP contribution in [-0.2, 0) is 4.74 Å². The van der Waals surface area contributed by atoms with Gasteiger partial charge in [0.1, 0.15) is 5.75 Å². The first kappa shape index (κ1) is 11.0. The maximum atomic E-state index is 9.59. The summed E-state index contributed by atoms with van der Waals surface area (Å²) in [5.74, 6) is 0.719. The van der Waals surface area contributed by atoms with Crippen LogP contribution in [0.4, 0.5) is 0 Å². The molecule has 1 atom stereocenters. The maximum Gasteiger partial charge on any atom is 0.188 e. The van der Waals surface area contributed by atoms with E-state index >= 15 is 0 Å². The molecule has 0 saturated heterocycles. The zero-order valence-electron chi connectivity index (χ0n) is 8.56. The molecule has 0 aliphatic rings. The summed E-state index contributed by atoms with van der Waals surface area (Å²) >= 11 is 0. The first-order valence-electron chi connectivity index (χ1n) is 4.67. The van der Waals surface area contributed by atoms with E-state index in [-0.39, 0.29) is 6.79 Å². The molecule has 0 bridgehead atoms. The van der Waals surface area contributed by atoms with E-state index < -0.39 is 6.10 Å². The van der Waals surface area contributed by atoms with Gasteiger partial charge in [-0.15, -0.1) is 0 Å². The van der Waals surface area contributed by atoms with Crippen LogP contribution in [0, 0.1) is 0 Å². The summed E-state index contributed by atoms with van der Waals surface area (Å²) in [6.45, 7) is 2.17. The lowest BCUT2D eigenvalue weighted by molar-refractivity contribution is 0.0508. The Bertz CT molecular complexity index is 273. The van der Waals surface area contributed by atoms with Crippen molar-refractivity contribution in [2.24, 2.45) is 0 Å². The van der Waals surface area contributed by atoms with E-state index in [0.29, 0.717) is 6.42 Å². The molecule has 0 fully saturated rings. The number of benzene rings is 1. The third-order valence-corrected chi connectivity index (χ3v) is 1.97. The molecule has 3 nitrogen and oxygen atoms in total. The van der Waals surface area contributed by atoms with Crippen LogP contribution in [0.15, 0.2) is 24.3 Å². The highest BCUT2D eigenvalue weighted by atomic mass is 16.7. The molecule has 1 unspecified atom stereocenters. The lowest BCUT2D eigenvalue weighted by Crippen LogP contribution is -2.00. The molecule has 0 aromatic heterocycles. The molecule has 0 spiro atoms. The van der Waals surface area contributed by atoms with Gasteiger partial charge in [0.05, 0.1) is 6.10 Å². The first-order chi connectivity index (χ1) is 6.77. The minimum absolute atomic E-state index is 0.228. The van der Waals surface area contributed by atoms with E-state index in [2.05, 4.69) is 0 Å². The summed E-state index contributed by atoms with van der Waals surface area (Å²) in [7, 11) is 1.57. The van der Waals surface area contributed by atoms with Gasteiger partial charge < -0.3 is 14.6 Å². The smallest absolute Gasteiger partial charge is 0.188 e. The number of aliphatic hydroxyl groups is 1. The summed E-state index contributed by atoms with van der Waals surface area (Å²) in [6, 6.07) is 7.41. The van der Waals surface area contributed by atoms with Gasteiger partial charge in [-0.3, -0.25) is 0 Å². The van der Waals surface area contributed by atoms with Gasteiger partial charge in [-0.05, 0) is 24.1 Å². The Kier molecular flexibility index (Phi) is 4.43. The van der Waals surface area contributed by atoms with E-state index in [4.69, 9.17) is 9.47 Å². The number of hydrogen-bond donors (Lipinski definition) is 1. The summed E-state index contributed by atoms with van der Waals surface area (Å²) in [5.41, 5.74) is 0.876. The average Bonchev–Trinajstić information content (AvgIpc) is 2.25. The predicted molar refractivity (Wildman–Crippen MR) is 54.2 cm³/mol. The number of rotatable bonds is 5. The van der Waals surface area contributed by atoms with Crippen LogP contribution in [-0.4, -0.2) is 19.0 Å². The van der Waals surface area contributed by atoms with Crippen molar-refractivity contribution in [1.29, 1.82) is 0 Å². The van der Waals surface area contributed by atoms with Gasteiger partial charge in [0.15, 0.2) is 6.79 Å². The quantitative estimate of drug-likeness (QED) is 0.733. The van der Waals surface area contributed by atoms with E-state index in [0.717, 1.165) is 11.3 Å². The second-order valence-electron chi connectivity index (χ2n) is 3.05. The van der Waals surface area contributed by atoms with E-state index in [9.17, 15) is 5.11 Å². The number of aliphatic hydroxyl groups excluding tert-OH is 1.